The highest BCUT2D eigenvalue weighted by Crippen LogP contribution is 2.16. The van der Waals surface area contributed by atoms with Crippen LogP contribution in [0.25, 0.3) is 5.69 Å². The molecule has 0 bridgehead atoms. The van der Waals surface area contributed by atoms with E-state index in [4.69, 9.17) is 0 Å². The van der Waals surface area contributed by atoms with Crippen LogP contribution in [0.5, 0.6) is 0 Å². The third kappa shape index (κ3) is 3.42. The van der Waals surface area contributed by atoms with Gasteiger partial charge in [-0.15, -0.1) is 0 Å². The number of benzene rings is 1. The number of carbonyl (C=O) groups is 1. The molecule has 0 aliphatic carbocycles. The Morgan fingerprint density at radius 3 is 2.83 bits per heavy atom. The summed E-state index contributed by atoms with van der Waals surface area (Å²) in [5.41, 5.74) is 3.19. The molecule has 1 aliphatic heterocycles. The zero-order valence-corrected chi connectivity index (χ0v) is 14.5. The van der Waals surface area contributed by atoms with Gasteiger partial charge in [-0.2, -0.15) is 4.99 Å². The lowest BCUT2D eigenvalue weighted by Gasteiger charge is -2.11. The van der Waals surface area contributed by atoms with Gasteiger partial charge in [-0.1, -0.05) is 17.4 Å². The maximum Gasteiger partial charge on any atom is 0.346 e. The highest BCUT2D eigenvalue weighted by molar-refractivity contribution is 7.09. The minimum absolute atomic E-state index is 0.101. The molecule has 2 amide bonds. The predicted molar refractivity (Wildman–Crippen MR) is 91.1 cm³/mol. The number of urea groups is 1. The molecule has 0 radical (unpaired) electrons. The first-order chi connectivity index (χ1) is 11.5. The van der Waals surface area contributed by atoms with Crippen molar-refractivity contribution in [3.63, 3.8) is 0 Å². The van der Waals surface area contributed by atoms with Crippen LogP contribution in [0, 0.1) is 13.8 Å². The molecule has 1 aromatic carbocycles. The Bertz CT molecular complexity index is 827. The van der Waals surface area contributed by atoms with Crippen LogP contribution in [0.15, 0.2) is 29.4 Å². The number of aliphatic hydroxyl groups is 1. The Balaban J connectivity index is 2.01. The summed E-state index contributed by atoms with van der Waals surface area (Å²) in [5, 5.41) is 9.41. The molecule has 3 rings (SSSR count). The van der Waals surface area contributed by atoms with E-state index in [1.807, 2.05) is 32.0 Å². The van der Waals surface area contributed by atoms with Gasteiger partial charge in [0.2, 0.25) is 0 Å². The highest BCUT2D eigenvalue weighted by atomic mass is 32.1. The number of aryl methyl sites for hydroxylation is 2. The summed E-state index contributed by atoms with van der Waals surface area (Å²) in [6.45, 7) is 4.43. The second-order valence-electron chi connectivity index (χ2n) is 6.00. The molecular formula is C17H20FN3O2S. The number of amides is 2. The van der Waals surface area contributed by atoms with Gasteiger partial charge < -0.3 is 10.0 Å². The normalized spacial score (nSPS) is 18.4. The molecule has 1 aromatic heterocycles. The number of aromatic nitrogens is 1. The minimum atomic E-state index is -0.965. The number of hydrogen-bond acceptors (Lipinski definition) is 3. The number of thiazole rings is 1. The summed E-state index contributed by atoms with van der Waals surface area (Å²) >= 11 is 1.26. The zero-order valence-electron chi connectivity index (χ0n) is 13.7. The van der Waals surface area contributed by atoms with E-state index in [1.165, 1.54) is 21.8 Å². The van der Waals surface area contributed by atoms with Crippen molar-refractivity contribution in [1.82, 2.24) is 9.47 Å². The van der Waals surface area contributed by atoms with Crippen LogP contribution in [-0.4, -0.2) is 39.9 Å². The van der Waals surface area contributed by atoms with Crippen LogP contribution in [0.2, 0.25) is 0 Å². The largest absolute Gasteiger partial charge is 0.391 e. The van der Waals surface area contributed by atoms with E-state index in [0.717, 1.165) is 11.3 Å². The van der Waals surface area contributed by atoms with Gasteiger partial charge >= 0.3 is 6.03 Å². The van der Waals surface area contributed by atoms with Crippen molar-refractivity contribution in [2.24, 2.45) is 4.99 Å². The molecule has 1 atom stereocenters. The number of hydrogen-bond donors (Lipinski definition) is 1. The summed E-state index contributed by atoms with van der Waals surface area (Å²) in [6, 6.07) is 5.54. The molecule has 2 aromatic rings. The molecule has 1 saturated heterocycles. The Morgan fingerprint density at radius 1 is 1.42 bits per heavy atom. The summed E-state index contributed by atoms with van der Waals surface area (Å²) in [4.78, 5) is 19.1. The molecule has 1 fully saturated rings. The monoisotopic (exact) mass is 349 g/mol. The molecule has 1 aliphatic rings. The van der Waals surface area contributed by atoms with Crippen molar-refractivity contribution < 1.29 is 14.3 Å². The van der Waals surface area contributed by atoms with Crippen LogP contribution in [0.4, 0.5) is 9.18 Å². The Labute approximate surface area is 143 Å². The number of nitrogens with zero attached hydrogens (tertiary/aromatic N) is 3. The first-order valence-electron chi connectivity index (χ1n) is 7.85. The molecule has 24 heavy (non-hydrogen) atoms. The van der Waals surface area contributed by atoms with Crippen LogP contribution in [-0.2, 0) is 6.61 Å². The second-order valence-corrected chi connectivity index (χ2v) is 7.10. The average molecular weight is 349 g/mol. The molecule has 0 spiro atoms. The molecule has 128 valence electrons. The fourth-order valence-electron chi connectivity index (χ4n) is 2.65. The zero-order chi connectivity index (χ0) is 17.3. The molecule has 5 nitrogen and oxygen atoms in total. The molecule has 1 N–H and O–H groups in total. The van der Waals surface area contributed by atoms with Crippen molar-refractivity contribution in [3.8, 4) is 5.69 Å². The van der Waals surface area contributed by atoms with E-state index in [1.54, 1.807) is 10.8 Å². The van der Waals surface area contributed by atoms with Gasteiger partial charge in [-0.3, -0.25) is 4.57 Å². The number of rotatable bonds is 2. The summed E-state index contributed by atoms with van der Waals surface area (Å²) < 4.78 is 15.1. The fraction of sp³-hybridized carbons (Fsp3) is 0.412. The van der Waals surface area contributed by atoms with E-state index in [9.17, 15) is 14.3 Å². The quantitative estimate of drug-likeness (QED) is 0.906. The molecule has 0 saturated carbocycles. The van der Waals surface area contributed by atoms with E-state index in [2.05, 4.69) is 4.99 Å². The lowest BCUT2D eigenvalue weighted by atomic mass is 10.1. The van der Waals surface area contributed by atoms with Gasteiger partial charge in [0, 0.05) is 18.4 Å². The van der Waals surface area contributed by atoms with E-state index < -0.39 is 12.2 Å². The van der Waals surface area contributed by atoms with Gasteiger partial charge in [0.25, 0.3) is 0 Å². The SMILES string of the molecule is Cc1ccc(-n2cc(CO)s/c2=N\C(=O)N2CC[C@@H](F)C2)cc1C. The fourth-order valence-corrected chi connectivity index (χ4v) is 3.48. The third-order valence-corrected chi connectivity index (χ3v) is 5.19. The Hall–Kier alpha value is -1.99. The molecule has 0 unspecified atom stereocenters. The number of likely N-dealkylation sites (tertiary alicyclic amines) is 1. The van der Waals surface area contributed by atoms with Crippen molar-refractivity contribution in [3.05, 3.63) is 45.2 Å². The maximum atomic E-state index is 13.3. The maximum absolute atomic E-state index is 13.3. The van der Waals surface area contributed by atoms with E-state index in [0.29, 0.717) is 22.6 Å². The van der Waals surface area contributed by atoms with Crippen LogP contribution in [0.1, 0.15) is 22.4 Å². The van der Waals surface area contributed by atoms with Crippen molar-refractivity contribution >= 4 is 17.4 Å². The second kappa shape index (κ2) is 6.86. The summed E-state index contributed by atoms with van der Waals surface area (Å²) in [6.07, 6.45) is 1.18. The highest BCUT2D eigenvalue weighted by Gasteiger charge is 2.25. The van der Waals surface area contributed by atoms with Crippen LogP contribution < -0.4 is 4.80 Å². The summed E-state index contributed by atoms with van der Waals surface area (Å²) in [5.74, 6) is 0. The lowest BCUT2D eigenvalue weighted by molar-refractivity contribution is 0.213. The van der Waals surface area contributed by atoms with Crippen molar-refractivity contribution in [2.75, 3.05) is 13.1 Å². The van der Waals surface area contributed by atoms with Gasteiger partial charge in [0.1, 0.15) is 6.17 Å². The molecular weight excluding hydrogens is 329 g/mol. The first-order valence-corrected chi connectivity index (χ1v) is 8.67. The molecule has 7 heteroatoms. The van der Waals surface area contributed by atoms with Gasteiger partial charge in [-0.25, -0.2) is 9.18 Å². The number of halogens is 1. The number of carbonyl (C=O) groups excluding carboxylic acids is 1. The first kappa shape index (κ1) is 16.9. The van der Waals surface area contributed by atoms with E-state index >= 15 is 0 Å². The van der Waals surface area contributed by atoms with Crippen LogP contribution >= 0.6 is 11.3 Å². The topological polar surface area (TPSA) is 57.8 Å². The Kier molecular flexibility index (Phi) is 4.82. The minimum Gasteiger partial charge on any atom is -0.391 e. The van der Waals surface area contributed by atoms with Crippen molar-refractivity contribution in [2.45, 2.75) is 33.0 Å². The van der Waals surface area contributed by atoms with Gasteiger partial charge in [0.05, 0.1) is 18.0 Å². The van der Waals surface area contributed by atoms with Crippen molar-refractivity contribution in [1.29, 1.82) is 0 Å². The lowest BCUT2D eigenvalue weighted by Crippen LogP contribution is -2.28. The number of alkyl halides is 1. The molecule has 2 heterocycles. The van der Waals surface area contributed by atoms with E-state index in [-0.39, 0.29) is 13.2 Å². The van der Waals surface area contributed by atoms with Gasteiger partial charge in [-0.05, 0) is 43.5 Å². The third-order valence-electron chi connectivity index (χ3n) is 4.22. The average Bonchev–Trinajstić information content (AvgIpc) is 3.16. The smallest absolute Gasteiger partial charge is 0.346 e. The standard InChI is InChI=1S/C17H20FN3O2S/c1-11-3-4-14(7-12(11)2)21-9-15(10-22)24-17(21)19-16(23)20-6-5-13(18)8-20/h3-4,7,9,13,22H,5-6,8,10H2,1-2H3/b19-17-/t13-/m1/s1. The summed E-state index contributed by atoms with van der Waals surface area (Å²) in [7, 11) is 0. The number of aliphatic hydroxyl groups excluding tert-OH is 1. The Morgan fingerprint density at radius 2 is 2.21 bits per heavy atom. The predicted octanol–water partition coefficient (Wildman–Crippen LogP) is 2.71. The van der Waals surface area contributed by atoms with Crippen LogP contribution in [0.3, 0.4) is 0 Å². The van der Waals surface area contributed by atoms with Gasteiger partial charge in [0.15, 0.2) is 4.80 Å².